The molecule has 0 aliphatic carbocycles. The average molecular weight is 714 g/mol. The molecular weight excluding hydrogens is 702 g/mol. The van der Waals surface area contributed by atoms with Crippen LogP contribution in [0, 0.1) is 0 Å². The van der Waals surface area contributed by atoms with E-state index in [1.54, 1.807) is 24.3 Å². The van der Waals surface area contributed by atoms with E-state index in [1.165, 1.54) is 0 Å². The van der Waals surface area contributed by atoms with Crippen LogP contribution < -0.4 is 9.97 Å². The Hall–Kier alpha value is -4.08. The number of hydrogen-bond donors (Lipinski definition) is 0. The minimum atomic E-state index is 0. The van der Waals surface area contributed by atoms with Crippen molar-refractivity contribution in [1.29, 1.82) is 0 Å². The van der Waals surface area contributed by atoms with Gasteiger partial charge in [0.2, 0.25) is 0 Å². The van der Waals surface area contributed by atoms with Crippen LogP contribution >= 0.6 is 46.4 Å². The fourth-order valence-corrected chi connectivity index (χ4v) is 6.24. The second-order valence-electron chi connectivity index (χ2n) is 10.2. The predicted molar refractivity (Wildman–Crippen MR) is 174 cm³/mol. The number of hydrogen-bond acceptors (Lipinski definition) is 6. The first-order valence-electron chi connectivity index (χ1n) is 13.3. The summed E-state index contributed by atoms with van der Waals surface area (Å²) < 4.78 is 0. The van der Waals surface area contributed by atoms with Gasteiger partial charge in [-0.25, -0.2) is 9.97 Å². The van der Waals surface area contributed by atoms with Crippen LogP contribution in [0.5, 0.6) is 0 Å². The number of aromatic nitrogens is 8. The number of fused-ring (bicyclic) bond motifs is 20. The molecule has 0 amide bonds. The molecule has 219 valence electrons. The molecule has 0 N–H and O–H groups in total. The standard InChI is InChI=1S/C32H12Cl4N8.Cu/c33-13-1-5-17-21(9-13)29-37-25(17)41-30-22-10-14(34)2-6-18(22)27(38-30)43-32-24-12-16(36)4-8-20(24)28(40-32)44-31-23-11-15(35)3-7-19(23)26(39-31)42-29;/h1-12H;/q-2;+2. The van der Waals surface area contributed by atoms with Crippen LogP contribution in [0.25, 0.3) is 89.7 Å². The minimum absolute atomic E-state index is 0. The van der Waals surface area contributed by atoms with Crippen LogP contribution in [0.15, 0.2) is 72.8 Å². The number of nitrogens with zero attached hydrogens (tertiary/aromatic N) is 8. The predicted octanol–water partition coefficient (Wildman–Crippen LogP) is 8.74. The van der Waals surface area contributed by atoms with E-state index in [9.17, 15) is 0 Å². The maximum Gasteiger partial charge on any atom is 2.00 e. The largest absolute Gasteiger partial charge is 2.00 e. The molecule has 0 saturated carbocycles. The number of benzene rings is 4. The van der Waals surface area contributed by atoms with Crippen LogP contribution in [0.2, 0.25) is 20.1 Å². The first-order valence-corrected chi connectivity index (χ1v) is 14.8. The molecule has 45 heavy (non-hydrogen) atoms. The average Bonchev–Trinajstić information content (AvgIpc) is 3.71. The van der Waals surface area contributed by atoms with Crippen LogP contribution in [0.3, 0.4) is 0 Å². The van der Waals surface area contributed by atoms with E-state index in [0.29, 0.717) is 87.9 Å². The van der Waals surface area contributed by atoms with E-state index >= 15 is 0 Å². The van der Waals surface area contributed by atoms with Gasteiger partial charge in [-0.2, -0.15) is 0 Å². The minimum Gasteiger partial charge on any atom is -0.357 e. The Kier molecular flexibility index (Phi) is 6.62. The third-order valence-corrected chi connectivity index (χ3v) is 8.49. The summed E-state index contributed by atoms with van der Waals surface area (Å²) in [5, 5.41) is 5.08. The number of rotatable bonds is 0. The molecule has 5 heterocycles. The van der Waals surface area contributed by atoms with E-state index < -0.39 is 0 Å². The molecule has 1 radical (unpaired) electrons. The molecule has 8 nitrogen and oxygen atoms in total. The molecule has 0 saturated heterocycles. The fraction of sp³-hybridized carbons (Fsp3) is 0. The van der Waals surface area contributed by atoms with Crippen molar-refractivity contribution >= 4 is 90.5 Å². The molecular formula is C32H12Cl4CuN8. The molecule has 2 aliphatic heterocycles. The summed E-state index contributed by atoms with van der Waals surface area (Å²) in [5.41, 5.74) is 4.58. The second-order valence-corrected chi connectivity index (χ2v) is 12.0. The van der Waals surface area contributed by atoms with Crippen molar-refractivity contribution in [2.75, 3.05) is 0 Å². The summed E-state index contributed by atoms with van der Waals surface area (Å²) in [5.74, 6) is 1.65. The summed E-state index contributed by atoms with van der Waals surface area (Å²) in [6.45, 7) is 0. The van der Waals surface area contributed by atoms with Crippen molar-refractivity contribution in [3.05, 3.63) is 92.9 Å². The van der Waals surface area contributed by atoms with Gasteiger partial charge in [-0.05, 0) is 70.1 Å². The molecule has 0 spiro atoms. The molecule has 0 unspecified atom stereocenters. The van der Waals surface area contributed by atoms with Gasteiger partial charge in [0.25, 0.3) is 0 Å². The Morgan fingerprint density at radius 3 is 1.11 bits per heavy atom. The zero-order valence-corrected chi connectivity index (χ0v) is 26.3. The van der Waals surface area contributed by atoms with Crippen molar-refractivity contribution in [2.24, 2.45) is 0 Å². The fourth-order valence-electron chi connectivity index (χ4n) is 5.55. The van der Waals surface area contributed by atoms with E-state index in [1.807, 2.05) is 48.5 Å². The topological polar surface area (TPSA) is 106 Å². The molecule has 4 aromatic carbocycles. The van der Waals surface area contributed by atoms with Gasteiger partial charge in [0.05, 0.1) is 23.3 Å². The summed E-state index contributed by atoms with van der Waals surface area (Å²) >= 11 is 25.7. The molecule has 0 atom stereocenters. The van der Waals surface area contributed by atoms with Gasteiger partial charge in [-0.1, -0.05) is 70.7 Å². The van der Waals surface area contributed by atoms with Gasteiger partial charge in [0.1, 0.15) is 0 Å². The quantitative estimate of drug-likeness (QED) is 0.144. The summed E-state index contributed by atoms with van der Waals surface area (Å²) in [6.07, 6.45) is 0. The van der Waals surface area contributed by atoms with Crippen LogP contribution in [-0.2, 0) is 17.1 Å². The molecule has 13 heteroatoms. The first kappa shape index (κ1) is 28.4. The Balaban J connectivity index is 0.00000300. The van der Waals surface area contributed by atoms with Crippen LogP contribution in [0.4, 0.5) is 0 Å². The Bertz CT molecular complexity index is 2400. The Morgan fingerprint density at radius 1 is 0.356 bits per heavy atom. The van der Waals surface area contributed by atoms with E-state index in [0.717, 1.165) is 21.9 Å². The van der Waals surface area contributed by atoms with Crippen LogP contribution in [0.1, 0.15) is 0 Å². The van der Waals surface area contributed by atoms with E-state index in [-0.39, 0.29) is 17.1 Å². The Morgan fingerprint density at radius 2 is 0.689 bits per heavy atom. The van der Waals surface area contributed by atoms with Gasteiger partial charge in [-0.3, -0.25) is 0 Å². The maximum atomic E-state index is 6.42. The maximum absolute atomic E-state index is 6.42. The van der Waals surface area contributed by atoms with E-state index in [4.69, 9.17) is 86.3 Å². The van der Waals surface area contributed by atoms with Gasteiger partial charge in [0.15, 0.2) is 0 Å². The summed E-state index contributed by atoms with van der Waals surface area (Å²) in [7, 11) is 0. The smallest absolute Gasteiger partial charge is 0.357 e. The molecule has 9 rings (SSSR count). The van der Waals surface area contributed by atoms with Gasteiger partial charge in [-0.15, -0.1) is 0 Å². The number of halogens is 4. The summed E-state index contributed by atoms with van der Waals surface area (Å²) in [6, 6.07) is 21.8. The normalized spacial score (nSPS) is 11.8. The monoisotopic (exact) mass is 711 g/mol. The zero-order chi connectivity index (χ0) is 29.7. The third kappa shape index (κ3) is 4.58. The van der Waals surface area contributed by atoms with Crippen molar-refractivity contribution in [1.82, 2.24) is 39.9 Å². The molecule has 7 aromatic rings. The van der Waals surface area contributed by atoms with Gasteiger partial charge < -0.3 is 29.9 Å². The third-order valence-electron chi connectivity index (χ3n) is 7.55. The first-order chi connectivity index (χ1) is 21.4. The van der Waals surface area contributed by atoms with Crippen molar-refractivity contribution in [3.8, 4) is 45.6 Å². The zero-order valence-electron chi connectivity index (χ0n) is 22.3. The van der Waals surface area contributed by atoms with Crippen molar-refractivity contribution < 1.29 is 17.1 Å². The van der Waals surface area contributed by atoms with Crippen molar-refractivity contribution in [2.45, 2.75) is 0 Å². The van der Waals surface area contributed by atoms with Crippen LogP contribution in [-0.4, -0.2) is 29.9 Å². The molecule has 8 bridgehead atoms. The SMILES string of the molecule is Clc1ccc2c(c1)-c1nc-2nc2[n-]c(nc3nc(nc4[n-]c(n1)c1ccc(Cl)cc41)-c1ccc(Cl)cc1-3)c1ccc(Cl)cc21.[Cu+2]. The second kappa shape index (κ2) is 10.5. The molecule has 0 fully saturated rings. The van der Waals surface area contributed by atoms with Gasteiger partial charge >= 0.3 is 17.1 Å². The molecule has 3 aromatic heterocycles. The van der Waals surface area contributed by atoms with Gasteiger partial charge in [0, 0.05) is 64.9 Å². The summed E-state index contributed by atoms with van der Waals surface area (Å²) in [4.78, 5) is 38.9. The van der Waals surface area contributed by atoms with Crippen molar-refractivity contribution in [3.63, 3.8) is 0 Å². The molecule has 2 aliphatic rings. The Labute approximate surface area is 284 Å². The van der Waals surface area contributed by atoms with E-state index in [2.05, 4.69) is 0 Å².